The number of hydrogen-bond acceptors (Lipinski definition) is 6. The molecule has 0 bridgehead atoms. The minimum Gasteiger partial charge on any atom is -0.461 e. The summed E-state index contributed by atoms with van der Waals surface area (Å²) in [6.45, 7) is 6.40. The Hall–Kier alpha value is -2.28. The van der Waals surface area contributed by atoms with Crippen LogP contribution >= 0.6 is 11.8 Å². The number of aryl methyl sites for hydroxylation is 1. The Morgan fingerprint density at radius 3 is 2.92 bits per heavy atom. The predicted molar refractivity (Wildman–Crippen MR) is 99.6 cm³/mol. The summed E-state index contributed by atoms with van der Waals surface area (Å²) < 4.78 is 7.26. The van der Waals surface area contributed by atoms with Gasteiger partial charge in [0, 0.05) is 11.4 Å². The van der Waals surface area contributed by atoms with Crippen molar-refractivity contribution in [1.82, 2.24) is 14.8 Å². The molecule has 7 heteroatoms. The number of thioether (sulfide) groups is 1. The summed E-state index contributed by atoms with van der Waals surface area (Å²) in [5.41, 5.74) is 3.44. The molecular weight excluding hydrogens is 336 g/mol. The summed E-state index contributed by atoms with van der Waals surface area (Å²) in [5, 5.41) is 7.48. The third-order valence-corrected chi connectivity index (χ3v) is 5.03. The first-order chi connectivity index (χ1) is 12.1. The van der Waals surface area contributed by atoms with E-state index in [-0.39, 0.29) is 12.0 Å². The van der Waals surface area contributed by atoms with E-state index in [1.54, 1.807) is 16.4 Å². The Morgan fingerprint density at radius 2 is 2.16 bits per heavy atom. The molecule has 0 unspecified atom stereocenters. The van der Waals surface area contributed by atoms with Crippen molar-refractivity contribution in [2.24, 2.45) is 0 Å². The number of ether oxygens (including phenoxy) is 1. The highest BCUT2D eigenvalue weighted by Crippen LogP contribution is 2.36. The van der Waals surface area contributed by atoms with Crippen molar-refractivity contribution < 1.29 is 9.53 Å². The smallest absolute Gasteiger partial charge is 0.338 e. The number of allylic oxidation sites excluding steroid dienone is 1. The predicted octanol–water partition coefficient (Wildman–Crippen LogP) is 3.17. The van der Waals surface area contributed by atoms with Crippen molar-refractivity contribution in [2.75, 3.05) is 23.4 Å². The molecule has 1 atom stereocenters. The van der Waals surface area contributed by atoms with Crippen LogP contribution in [0.5, 0.6) is 0 Å². The van der Waals surface area contributed by atoms with Gasteiger partial charge in [0.25, 0.3) is 0 Å². The molecule has 1 aliphatic heterocycles. The van der Waals surface area contributed by atoms with E-state index in [1.165, 1.54) is 6.33 Å². The van der Waals surface area contributed by atoms with Gasteiger partial charge in [-0.05, 0) is 30.7 Å². The van der Waals surface area contributed by atoms with E-state index < -0.39 is 0 Å². The number of nitrogens with zero attached hydrogens (tertiary/aromatic N) is 3. The molecule has 0 fully saturated rings. The molecule has 25 heavy (non-hydrogen) atoms. The molecule has 2 heterocycles. The van der Waals surface area contributed by atoms with E-state index in [1.807, 2.05) is 38.1 Å². The first-order valence-corrected chi connectivity index (χ1v) is 9.46. The van der Waals surface area contributed by atoms with Crippen LogP contribution < -0.4 is 5.32 Å². The third kappa shape index (κ3) is 3.56. The van der Waals surface area contributed by atoms with Crippen LogP contribution in [0.3, 0.4) is 0 Å². The number of aromatic nitrogens is 3. The van der Waals surface area contributed by atoms with E-state index in [9.17, 15) is 4.79 Å². The SMILES string of the molecule is CCSCCOC(=O)C1=C(C)Nc2ncnn2[C@@H]1c1ccccc1C. The van der Waals surface area contributed by atoms with Gasteiger partial charge in [0.05, 0.1) is 5.57 Å². The second-order valence-electron chi connectivity index (χ2n) is 5.78. The lowest BCUT2D eigenvalue weighted by Crippen LogP contribution is -2.30. The lowest BCUT2D eigenvalue weighted by molar-refractivity contribution is -0.138. The molecule has 0 aliphatic carbocycles. The number of benzene rings is 1. The van der Waals surface area contributed by atoms with Gasteiger partial charge in [0.2, 0.25) is 5.95 Å². The highest BCUT2D eigenvalue weighted by atomic mass is 32.2. The maximum absolute atomic E-state index is 12.8. The Balaban J connectivity index is 1.96. The van der Waals surface area contributed by atoms with Crippen molar-refractivity contribution in [1.29, 1.82) is 0 Å². The largest absolute Gasteiger partial charge is 0.461 e. The molecular formula is C18H22N4O2S. The van der Waals surface area contributed by atoms with E-state index in [0.29, 0.717) is 18.1 Å². The van der Waals surface area contributed by atoms with E-state index in [4.69, 9.17) is 4.74 Å². The summed E-state index contributed by atoms with van der Waals surface area (Å²) in [7, 11) is 0. The summed E-state index contributed by atoms with van der Waals surface area (Å²) in [4.78, 5) is 17.1. The van der Waals surface area contributed by atoms with Gasteiger partial charge in [-0.2, -0.15) is 21.8 Å². The molecule has 1 aromatic carbocycles. The first kappa shape index (κ1) is 17.5. The van der Waals surface area contributed by atoms with Crippen molar-refractivity contribution >= 4 is 23.7 Å². The number of nitrogens with one attached hydrogen (secondary N) is 1. The van der Waals surface area contributed by atoms with Gasteiger partial charge in [-0.15, -0.1) is 0 Å². The lowest BCUT2D eigenvalue weighted by Gasteiger charge is -2.29. The summed E-state index contributed by atoms with van der Waals surface area (Å²) in [6.07, 6.45) is 1.49. The molecule has 1 aliphatic rings. The van der Waals surface area contributed by atoms with E-state index in [0.717, 1.165) is 28.3 Å². The number of esters is 1. The van der Waals surface area contributed by atoms with Gasteiger partial charge in [-0.1, -0.05) is 31.2 Å². The summed E-state index contributed by atoms with van der Waals surface area (Å²) >= 11 is 1.75. The molecule has 0 saturated carbocycles. The zero-order chi connectivity index (χ0) is 17.8. The van der Waals surface area contributed by atoms with Gasteiger partial charge >= 0.3 is 5.97 Å². The van der Waals surface area contributed by atoms with Crippen LogP contribution in [0.25, 0.3) is 0 Å². The summed E-state index contributed by atoms with van der Waals surface area (Å²) in [5.74, 6) is 2.13. The van der Waals surface area contributed by atoms with E-state index in [2.05, 4.69) is 22.3 Å². The Kier molecular flexibility index (Phi) is 5.43. The van der Waals surface area contributed by atoms with Crippen molar-refractivity contribution in [3.8, 4) is 0 Å². The van der Waals surface area contributed by atoms with Crippen LogP contribution in [0.15, 0.2) is 41.9 Å². The second-order valence-corrected chi connectivity index (χ2v) is 7.18. The number of fused-ring (bicyclic) bond motifs is 1. The molecule has 0 amide bonds. The molecule has 0 spiro atoms. The molecule has 6 nitrogen and oxygen atoms in total. The normalized spacial score (nSPS) is 16.4. The second kappa shape index (κ2) is 7.74. The number of hydrogen-bond donors (Lipinski definition) is 1. The van der Waals surface area contributed by atoms with Crippen LogP contribution in [-0.2, 0) is 9.53 Å². The quantitative estimate of drug-likeness (QED) is 0.632. The van der Waals surface area contributed by atoms with Gasteiger partial charge in [0.15, 0.2) is 0 Å². The van der Waals surface area contributed by atoms with Crippen molar-refractivity contribution in [2.45, 2.75) is 26.8 Å². The zero-order valence-electron chi connectivity index (χ0n) is 14.7. The fraction of sp³-hybridized carbons (Fsp3) is 0.389. The minimum atomic E-state index is -0.341. The van der Waals surface area contributed by atoms with E-state index >= 15 is 0 Å². The van der Waals surface area contributed by atoms with Gasteiger partial charge in [-0.25, -0.2) is 9.48 Å². The molecule has 1 aromatic heterocycles. The molecule has 0 radical (unpaired) electrons. The van der Waals surface area contributed by atoms with Crippen molar-refractivity contribution in [3.05, 3.63) is 53.0 Å². The Bertz CT molecular complexity index is 800. The molecule has 132 valence electrons. The molecule has 3 rings (SSSR count). The van der Waals surface area contributed by atoms with Crippen LogP contribution in [0.4, 0.5) is 5.95 Å². The molecule has 2 aromatic rings. The monoisotopic (exact) mass is 358 g/mol. The highest BCUT2D eigenvalue weighted by molar-refractivity contribution is 7.99. The fourth-order valence-corrected chi connectivity index (χ4v) is 3.44. The fourth-order valence-electron chi connectivity index (χ4n) is 2.95. The number of anilines is 1. The topological polar surface area (TPSA) is 69.0 Å². The third-order valence-electron chi connectivity index (χ3n) is 4.16. The van der Waals surface area contributed by atoms with Gasteiger partial charge in [-0.3, -0.25) is 0 Å². The number of rotatable bonds is 6. The standard InChI is InChI=1S/C18H22N4O2S/c1-4-25-10-9-24-17(23)15-13(3)21-18-19-11-20-22(18)16(15)14-8-6-5-7-12(14)2/h5-8,11,16H,4,9-10H2,1-3H3,(H,19,20,21)/t16-/m1/s1. The highest BCUT2D eigenvalue weighted by Gasteiger charge is 2.34. The molecule has 1 N–H and O–H groups in total. The van der Waals surface area contributed by atoms with Gasteiger partial charge in [0.1, 0.15) is 19.0 Å². The van der Waals surface area contributed by atoms with Crippen LogP contribution in [0, 0.1) is 6.92 Å². The van der Waals surface area contributed by atoms with Crippen LogP contribution in [-0.4, -0.2) is 38.8 Å². The van der Waals surface area contributed by atoms with Crippen LogP contribution in [0.1, 0.15) is 31.0 Å². The average molecular weight is 358 g/mol. The molecule has 0 saturated heterocycles. The number of carbonyl (C=O) groups excluding carboxylic acids is 1. The Labute approximate surface area is 151 Å². The number of carbonyl (C=O) groups is 1. The average Bonchev–Trinajstić information content (AvgIpc) is 3.06. The maximum atomic E-state index is 12.8. The van der Waals surface area contributed by atoms with Gasteiger partial charge < -0.3 is 10.1 Å². The Morgan fingerprint density at radius 1 is 1.36 bits per heavy atom. The zero-order valence-corrected chi connectivity index (χ0v) is 15.5. The van der Waals surface area contributed by atoms with Crippen LogP contribution in [0.2, 0.25) is 0 Å². The summed E-state index contributed by atoms with van der Waals surface area (Å²) in [6, 6.07) is 7.66. The minimum absolute atomic E-state index is 0.309. The first-order valence-electron chi connectivity index (χ1n) is 8.31. The van der Waals surface area contributed by atoms with Crippen molar-refractivity contribution in [3.63, 3.8) is 0 Å². The lowest BCUT2D eigenvalue weighted by atomic mass is 9.93. The maximum Gasteiger partial charge on any atom is 0.338 e.